The summed E-state index contributed by atoms with van der Waals surface area (Å²) in [5.74, 6) is 8.36. The smallest absolute Gasteiger partial charge is 0 e. The fourth-order valence-electron chi connectivity index (χ4n) is 9.44. The molecule has 8 heteroatoms. The van der Waals surface area contributed by atoms with E-state index >= 15 is 0 Å². The van der Waals surface area contributed by atoms with Crippen LogP contribution in [0.4, 0.5) is 0 Å². The van der Waals surface area contributed by atoms with E-state index in [-0.39, 0.29) is 31.4 Å². The molecule has 0 amide bonds. The molecule has 0 N–H and O–H groups in total. The molecular weight excluding hydrogens is 1100 g/mol. The van der Waals surface area contributed by atoms with Crippen LogP contribution in [0.15, 0.2) is 162 Å². The second-order valence-electron chi connectivity index (χ2n) is 20.5. The van der Waals surface area contributed by atoms with Crippen LogP contribution >= 0.6 is 0 Å². The van der Waals surface area contributed by atoms with E-state index in [0.717, 1.165) is 72.5 Å². The molecule has 6 aromatic carbocycles. The van der Waals surface area contributed by atoms with Gasteiger partial charge in [-0.1, -0.05) is 88.7 Å². The van der Waals surface area contributed by atoms with Crippen molar-refractivity contribution in [2.45, 2.75) is 77.1 Å². The van der Waals surface area contributed by atoms with Gasteiger partial charge in [-0.15, -0.1) is 6.07 Å². The minimum absolute atomic E-state index is 0. The Hall–Kier alpha value is -6.51. The van der Waals surface area contributed by atoms with Crippen LogP contribution in [0.5, 0.6) is 0 Å². The zero-order valence-corrected chi connectivity index (χ0v) is 46.1. The van der Waals surface area contributed by atoms with Crippen LogP contribution in [0, 0.1) is 26.1 Å². The van der Waals surface area contributed by atoms with Crippen LogP contribution in [0.1, 0.15) is 62.9 Å². The maximum atomic E-state index is 6.21. The predicted octanol–water partition coefficient (Wildman–Crippen LogP) is 15.8. The Balaban J connectivity index is 0.000000193. The molecule has 11 aromatic rings. The van der Waals surface area contributed by atoms with E-state index in [1.807, 2.05) is 24.4 Å². The number of aryl methyl sites for hydroxylation is 2. The monoisotopic (exact) mass is 1150 g/mol. The second-order valence-corrected chi connectivity index (χ2v) is 31.1. The van der Waals surface area contributed by atoms with Crippen molar-refractivity contribution in [1.29, 1.82) is 0 Å². The number of aromatic nitrogens is 5. The third-order valence-electron chi connectivity index (χ3n) is 13.2. The van der Waals surface area contributed by atoms with Gasteiger partial charge in [-0.05, 0) is 82.8 Å². The number of nitrogens with zero attached hydrogens (tertiary/aromatic N) is 5. The van der Waals surface area contributed by atoms with Gasteiger partial charge in [-0.2, -0.15) is 0 Å². The molecule has 0 fully saturated rings. The van der Waals surface area contributed by atoms with Crippen molar-refractivity contribution in [3.05, 3.63) is 193 Å². The maximum absolute atomic E-state index is 6.21. The Kier molecular flexibility index (Phi) is 13.4. The number of hydrogen-bond donors (Lipinski definition) is 0. The van der Waals surface area contributed by atoms with Crippen molar-refractivity contribution in [3.63, 3.8) is 0 Å². The van der Waals surface area contributed by atoms with Crippen molar-refractivity contribution >= 4 is 61.5 Å². The van der Waals surface area contributed by atoms with Crippen LogP contribution in [0.2, 0.25) is 17.3 Å². The van der Waals surface area contributed by atoms with Gasteiger partial charge >= 0.3 is 158 Å². The van der Waals surface area contributed by atoms with E-state index < -0.39 is 13.3 Å². The molecule has 0 atom stereocenters. The standard InChI is InChI=1S/C38H35N4O.C24H22GeN.Ir/c1-22(2)30-19-33-31(21-39-30)41-36(27-17-28-34-23(3)13-14-24(4)35(34)43-37(28)40-20-27)42(33)32-16-15-26(18-29(32)38(5,6)7)25-11-9-8-10-12-25;1-25(2,3)23-17-26-24(19-11-5-4-6-12-19)16-22(23)21-15-9-13-18-10-7-8-14-20(18)21;/h8-19,21-22H,1-7H3;4-11,13-17H,1-3H3;/q2*-1;. The molecular formula is C62H57GeIrN5O-2. The van der Waals surface area contributed by atoms with E-state index in [1.54, 1.807) is 0 Å². The fourth-order valence-corrected chi connectivity index (χ4v) is 12.5. The van der Waals surface area contributed by atoms with Crippen LogP contribution in [-0.2, 0) is 25.5 Å². The van der Waals surface area contributed by atoms with Crippen molar-refractivity contribution < 1.29 is 24.5 Å². The van der Waals surface area contributed by atoms with Crippen molar-refractivity contribution in [3.8, 4) is 50.6 Å². The average Bonchev–Trinajstić information content (AvgIpc) is 3.94. The van der Waals surface area contributed by atoms with Crippen LogP contribution in [0.25, 0.3) is 94.5 Å². The Morgan fingerprint density at radius 1 is 0.671 bits per heavy atom. The number of imidazole rings is 1. The molecule has 11 rings (SSSR count). The molecule has 70 heavy (non-hydrogen) atoms. The van der Waals surface area contributed by atoms with E-state index in [2.05, 4.69) is 216 Å². The van der Waals surface area contributed by atoms with Gasteiger partial charge in [-0.3, -0.25) is 9.97 Å². The molecule has 6 nitrogen and oxygen atoms in total. The molecule has 351 valence electrons. The van der Waals surface area contributed by atoms with Gasteiger partial charge in [0.25, 0.3) is 0 Å². The van der Waals surface area contributed by atoms with Crippen LogP contribution in [0.3, 0.4) is 0 Å². The molecule has 0 bridgehead atoms. The van der Waals surface area contributed by atoms with Gasteiger partial charge in [0.05, 0.1) is 23.1 Å². The minimum Gasteiger partial charge on any atom is 0 e. The Bertz CT molecular complexity index is 3690. The molecule has 0 saturated heterocycles. The summed E-state index contributed by atoms with van der Waals surface area (Å²) in [6.07, 6.45) is 7.30. The average molecular weight is 1150 g/mol. The summed E-state index contributed by atoms with van der Waals surface area (Å²) in [5.41, 5.74) is 16.6. The molecule has 0 aliphatic heterocycles. The van der Waals surface area contributed by atoms with Gasteiger partial charge in [0, 0.05) is 36.9 Å². The first-order valence-corrected chi connectivity index (χ1v) is 31.2. The van der Waals surface area contributed by atoms with E-state index in [9.17, 15) is 0 Å². The Morgan fingerprint density at radius 3 is 2.16 bits per heavy atom. The summed E-state index contributed by atoms with van der Waals surface area (Å²) in [4.78, 5) is 19.4. The summed E-state index contributed by atoms with van der Waals surface area (Å²) < 4.78 is 9.93. The first kappa shape index (κ1) is 48.5. The zero-order chi connectivity index (χ0) is 48.2. The molecule has 0 aliphatic rings. The topological polar surface area (TPSA) is 69.6 Å². The molecule has 0 unspecified atom stereocenters. The van der Waals surface area contributed by atoms with Gasteiger partial charge < -0.3 is 14.0 Å². The SMILES string of the molecule is Cc1ccc(C)c2c1oc1n[c-]c(-c3nc4cnc(C(C)C)cc4n3-c3ccc(-c4ccccc4)cc3C(C)(C)C)cc12.[CH3][Ge]([CH3])([CH3])[c]1cnc(-c2[c-]cccc2)cc1-c1cccc2ccccc12.[Ir]. The Labute approximate surface area is 428 Å². The quantitative estimate of drug-likeness (QED) is 0.117. The van der Waals surface area contributed by atoms with E-state index in [1.165, 1.54) is 43.0 Å². The van der Waals surface area contributed by atoms with Gasteiger partial charge in [0.1, 0.15) is 11.3 Å². The first-order chi connectivity index (χ1) is 33.1. The first-order valence-electron chi connectivity index (χ1n) is 23.9. The summed E-state index contributed by atoms with van der Waals surface area (Å²) in [5, 5.41) is 4.64. The fraction of sp³-hybridized carbons (Fsp3) is 0.194. The molecule has 0 aliphatic carbocycles. The normalized spacial score (nSPS) is 11.9. The predicted molar refractivity (Wildman–Crippen MR) is 290 cm³/mol. The molecule has 0 saturated carbocycles. The third-order valence-corrected chi connectivity index (χ3v) is 17.4. The van der Waals surface area contributed by atoms with Gasteiger partial charge in [0.15, 0.2) is 0 Å². The number of benzene rings is 6. The molecule has 1 radical (unpaired) electrons. The summed E-state index contributed by atoms with van der Waals surface area (Å²) >= 11 is -2.09. The van der Waals surface area contributed by atoms with Crippen LogP contribution in [-0.4, -0.2) is 37.8 Å². The van der Waals surface area contributed by atoms with Gasteiger partial charge in [-0.25, -0.2) is 0 Å². The summed E-state index contributed by atoms with van der Waals surface area (Å²) in [6.45, 7) is 15.3. The molecule has 5 heterocycles. The van der Waals surface area contributed by atoms with E-state index in [0.29, 0.717) is 5.71 Å². The number of furan rings is 1. The number of hydrogen-bond acceptors (Lipinski definition) is 5. The molecule has 5 aromatic heterocycles. The second kappa shape index (κ2) is 19.4. The number of rotatable bonds is 7. The zero-order valence-electron chi connectivity index (χ0n) is 41.6. The summed E-state index contributed by atoms with van der Waals surface area (Å²) in [7, 11) is 0. The maximum Gasteiger partial charge on any atom is 0 e. The summed E-state index contributed by atoms with van der Waals surface area (Å²) in [6, 6.07) is 54.7. The molecule has 0 spiro atoms. The largest absolute Gasteiger partial charge is 0 e. The number of fused-ring (bicyclic) bond motifs is 5. The van der Waals surface area contributed by atoms with Crippen molar-refractivity contribution in [2.75, 3.05) is 0 Å². The van der Waals surface area contributed by atoms with Crippen molar-refractivity contribution in [1.82, 2.24) is 24.5 Å². The van der Waals surface area contributed by atoms with E-state index in [4.69, 9.17) is 24.4 Å². The number of pyridine rings is 3. The van der Waals surface area contributed by atoms with Crippen LogP contribution < -0.4 is 4.40 Å². The minimum atomic E-state index is -2.09. The van der Waals surface area contributed by atoms with Gasteiger partial charge in [0.2, 0.25) is 0 Å². The Morgan fingerprint density at radius 2 is 1.41 bits per heavy atom. The van der Waals surface area contributed by atoms with Crippen molar-refractivity contribution in [2.24, 2.45) is 0 Å². The third kappa shape index (κ3) is 9.31.